The van der Waals surface area contributed by atoms with E-state index in [1.807, 2.05) is 0 Å². The normalized spacial score (nSPS) is 11.3. The van der Waals surface area contributed by atoms with Crippen LogP contribution in [0.25, 0.3) is 0 Å². The van der Waals surface area contributed by atoms with Gasteiger partial charge < -0.3 is 10.5 Å². The molecule has 0 radical (unpaired) electrons. The van der Waals surface area contributed by atoms with Crippen molar-refractivity contribution >= 4 is 15.7 Å². The fourth-order valence-electron chi connectivity index (χ4n) is 1.74. The van der Waals surface area contributed by atoms with Crippen molar-refractivity contribution < 1.29 is 17.5 Å². The summed E-state index contributed by atoms with van der Waals surface area (Å²) >= 11 is 0. The van der Waals surface area contributed by atoms with Crippen LogP contribution < -0.4 is 15.2 Å². The van der Waals surface area contributed by atoms with Crippen LogP contribution in [-0.4, -0.2) is 15.5 Å². The first kappa shape index (κ1) is 15.3. The lowest BCUT2D eigenvalue weighted by Gasteiger charge is -2.09. The summed E-state index contributed by atoms with van der Waals surface area (Å²) in [7, 11) is -2.33. The lowest BCUT2D eigenvalue weighted by molar-refractivity contribution is 0.414. The molecule has 0 saturated heterocycles. The van der Waals surface area contributed by atoms with Crippen molar-refractivity contribution in [3.05, 3.63) is 53.8 Å². The number of rotatable bonds is 5. The molecule has 0 aliphatic rings. The summed E-state index contributed by atoms with van der Waals surface area (Å²) in [6, 6.07) is 10.1. The van der Waals surface area contributed by atoms with Gasteiger partial charge in [-0.25, -0.2) is 17.5 Å². The highest BCUT2D eigenvalue weighted by Gasteiger charge is 2.17. The minimum Gasteiger partial charge on any atom is -0.497 e. The minimum atomic E-state index is -3.87. The molecular weight excluding hydrogens is 295 g/mol. The first-order valence-corrected chi connectivity index (χ1v) is 7.58. The van der Waals surface area contributed by atoms with Crippen molar-refractivity contribution in [2.45, 2.75) is 11.4 Å². The summed E-state index contributed by atoms with van der Waals surface area (Å²) in [6.07, 6.45) is 0. The van der Waals surface area contributed by atoms with Crippen molar-refractivity contribution in [1.29, 1.82) is 0 Å². The Morgan fingerprint density at radius 1 is 1.19 bits per heavy atom. The van der Waals surface area contributed by atoms with E-state index in [1.165, 1.54) is 6.07 Å². The van der Waals surface area contributed by atoms with Crippen LogP contribution in [0.1, 0.15) is 5.56 Å². The topological polar surface area (TPSA) is 81.4 Å². The van der Waals surface area contributed by atoms with E-state index in [-0.39, 0.29) is 17.1 Å². The summed E-state index contributed by atoms with van der Waals surface area (Å²) in [5.41, 5.74) is 6.32. The maximum Gasteiger partial charge on any atom is 0.243 e. The molecule has 2 rings (SSSR count). The maximum absolute atomic E-state index is 13.2. The number of hydrogen-bond acceptors (Lipinski definition) is 4. The van der Waals surface area contributed by atoms with Gasteiger partial charge in [0.05, 0.1) is 12.8 Å². The van der Waals surface area contributed by atoms with Gasteiger partial charge in [0.15, 0.2) is 0 Å². The van der Waals surface area contributed by atoms with Crippen LogP contribution in [0.5, 0.6) is 5.75 Å². The van der Waals surface area contributed by atoms with Crippen LogP contribution >= 0.6 is 0 Å². The molecule has 0 heterocycles. The quantitative estimate of drug-likeness (QED) is 0.826. The summed E-state index contributed by atoms with van der Waals surface area (Å²) in [6.45, 7) is 0.0717. The molecule has 2 aromatic rings. The van der Waals surface area contributed by atoms with Gasteiger partial charge in [-0.05, 0) is 35.9 Å². The van der Waals surface area contributed by atoms with Crippen LogP contribution in [0.3, 0.4) is 0 Å². The zero-order valence-corrected chi connectivity index (χ0v) is 12.2. The lowest BCUT2D eigenvalue weighted by Crippen LogP contribution is -2.24. The second-order valence-electron chi connectivity index (χ2n) is 4.35. The molecule has 21 heavy (non-hydrogen) atoms. The molecule has 0 atom stereocenters. The Kier molecular flexibility index (Phi) is 4.44. The molecule has 5 nitrogen and oxygen atoms in total. The number of benzene rings is 2. The van der Waals surface area contributed by atoms with Crippen molar-refractivity contribution in [2.24, 2.45) is 0 Å². The van der Waals surface area contributed by atoms with Crippen molar-refractivity contribution in [3.63, 3.8) is 0 Å². The number of nitrogens with two attached hydrogens (primary N) is 1. The predicted octanol–water partition coefficient (Wildman–Crippen LogP) is 1.90. The number of methoxy groups -OCH3 is 1. The highest BCUT2D eigenvalue weighted by atomic mass is 32.2. The predicted molar refractivity (Wildman–Crippen MR) is 77.8 cm³/mol. The smallest absolute Gasteiger partial charge is 0.243 e. The molecule has 0 unspecified atom stereocenters. The standard InChI is InChI=1S/C14H15FN2O3S/c1-20-12-5-2-10(3-6-12)9-17-21(18,19)14-8-11(15)4-7-13(14)16/h2-8,17H,9,16H2,1H3. The van der Waals surface area contributed by atoms with Crippen LogP contribution in [0.4, 0.5) is 10.1 Å². The zero-order chi connectivity index (χ0) is 15.5. The van der Waals surface area contributed by atoms with Crippen LogP contribution in [0, 0.1) is 5.82 Å². The number of halogens is 1. The van der Waals surface area contributed by atoms with E-state index in [1.54, 1.807) is 31.4 Å². The van der Waals surface area contributed by atoms with Crippen molar-refractivity contribution in [3.8, 4) is 5.75 Å². The Labute approximate surface area is 122 Å². The van der Waals surface area contributed by atoms with Crippen molar-refractivity contribution in [1.82, 2.24) is 4.72 Å². The number of sulfonamides is 1. The van der Waals surface area contributed by atoms with E-state index in [0.29, 0.717) is 5.75 Å². The van der Waals surface area contributed by atoms with Gasteiger partial charge in [0.1, 0.15) is 16.5 Å². The van der Waals surface area contributed by atoms with E-state index in [0.717, 1.165) is 17.7 Å². The molecule has 0 aliphatic heterocycles. The molecule has 3 N–H and O–H groups in total. The molecule has 0 aromatic heterocycles. The lowest BCUT2D eigenvalue weighted by atomic mass is 10.2. The third-order valence-corrected chi connectivity index (χ3v) is 4.35. The molecule has 0 saturated carbocycles. The molecule has 0 fully saturated rings. The molecule has 0 spiro atoms. The maximum atomic E-state index is 13.2. The monoisotopic (exact) mass is 310 g/mol. The largest absolute Gasteiger partial charge is 0.497 e. The summed E-state index contributed by atoms with van der Waals surface area (Å²) in [4.78, 5) is -0.268. The Morgan fingerprint density at radius 2 is 1.86 bits per heavy atom. The highest BCUT2D eigenvalue weighted by Crippen LogP contribution is 2.19. The Balaban J connectivity index is 2.15. The SMILES string of the molecule is COc1ccc(CNS(=O)(=O)c2cc(F)ccc2N)cc1. The molecule has 2 aromatic carbocycles. The van der Waals surface area contributed by atoms with Crippen LogP contribution in [-0.2, 0) is 16.6 Å². The third-order valence-electron chi connectivity index (χ3n) is 2.89. The summed E-state index contributed by atoms with van der Waals surface area (Å²) in [5.74, 6) is 0.0185. The van der Waals surface area contributed by atoms with Gasteiger partial charge in [-0.1, -0.05) is 12.1 Å². The third kappa shape index (κ3) is 3.71. The molecule has 0 aliphatic carbocycles. The Morgan fingerprint density at radius 3 is 2.48 bits per heavy atom. The van der Waals surface area contributed by atoms with E-state index in [4.69, 9.17) is 10.5 Å². The molecule has 112 valence electrons. The number of nitrogen functional groups attached to an aromatic ring is 1. The molecule has 0 amide bonds. The Hall–Kier alpha value is -2.12. The van der Waals surface area contributed by atoms with Gasteiger partial charge in [0.25, 0.3) is 0 Å². The van der Waals surface area contributed by atoms with Crippen molar-refractivity contribution in [2.75, 3.05) is 12.8 Å². The van der Waals surface area contributed by atoms with Gasteiger partial charge in [-0.3, -0.25) is 0 Å². The fraction of sp³-hybridized carbons (Fsp3) is 0.143. The second-order valence-corrected chi connectivity index (χ2v) is 6.09. The van der Waals surface area contributed by atoms with E-state index in [2.05, 4.69) is 4.72 Å². The first-order valence-electron chi connectivity index (χ1n) is 6.10. The van der Waals surface area contributed by atoms with E-state index >= 15 is 0 Å². The zero-order valence-electron chi connectivity index (χ0n) is 11.3. The average molecular weight is 310 g/mol. The minimum absolute atomic E-state index is 0.00127. The van der Waals surface area contributed by atoms with Crippen LogP contribution in [0.15, 0.2) is 47.4 Å². The van der Waals surface area contributed by atoms with Crippen LogP contribution in [0.2, 0.25) is 0 Å². The van der Waals surface area contributed by atoms with Gasteiger partial charge in [0, 0.05) is 6.54 Å². The fourth-order valence-corrected chi connectivity index (χ4v) is 2.90. The second kappa shape index (κ2) is 6.11. The Bertz CT molecular complexity index is 730. The summed E-state index contributed by atoms with van der Waals surface area (Å²) in [5, 5.41) is 0. The molecule has 7 heteroatoms. The number of anilines is 1. The highest BCUT2D eigenvalue weighted by molar-refractivity contribution is 7.89. The number of hydrogen-bond donors (Lipinski definition) is 2. The average Bonchev–Trinajstić information content (AvgIpc) is 2.48. The van der Waals surface area contributed by atoms with E-state index in [9.17, 15) is 12.8 Å². The first-order chi connectivity index (χ1) is 9.92. The van der Waals surface area contributed by atoms with Gasteiger partial charge in [-0.2, -0.15) is 0 Å². The van der Waals surface area contributed by atoms with E-state index < -0.39 is 15.8 Å². The van der Waals surface area contributed by atoms with Gasteiger partial charge in [-0.15, -0.1) is 0 Å². The molecular formula is C14H15FN2O3S. The molecule has 0 bridgehead atoms. The summed E-state index contributed by atoms with van der Waals surface area (Å²) < 4.78 is 44.8. The van der Waals surface area contributed by atoms with Gasteiger partial charge in [0.2, 0.25) is 10.0 Å². The van der Waals surface area contributed by atoms with Gasteiger partial charge >= 0.3 is 0 Å². The number of ether oxygens (including phenoxy) is 1. The number of nitrogens with one attached hydrogen (secondary N) is 1.